The molecule has 0 saturated carbocycles. The number of fused-ring (bicyclic) bond motifs is 1. The quantitative estimate of drug-likeness (QED) is 0.488. The van der Waals surface area contributed by atoms with Gasteiger partial charge in [0.1, 0.15) is 0 Å². The van der Waals surface area contributed by atoms with Crippen LogP contribution in [-0.4, -0.2) is 41.3 Å². The van der Waals surface area contributed by atoms with Crippen molar-refractivity contribution in [3.8, 4) is 0 Å². The van der Waals surface area contributed by atoms with Crippen LogP contribution in [0.15, 0.2) is 0 Å². The van der Waals surface area contributed by atoms with Crippen LogP contribution in [-0.2, 0) is 34.4 Å². The average Bonchev–Trinajstić information content (AvgIpc) is 2.63. The molecule has 0 amide bonds. The summed E-state index contributed by atoms with van der Waals surface area (Å²) >= 11 is 0. The van der Waals surface area contributed by atoms with Crippen molar-refractivity contribution in [1.82, 2.24) is 0 Å². The molecule has 0 aliphatic carbocycles. The molecule has 0 unspecified atom stereocenters. The van der Waals surface area contributed by atoms with Crippen molar-refractivity contribution in [1.29, 1.82) is 0 Å². The van der Waals surface area contributed by atoms with E-state index in [1.807, 2.05) is 0 Å². The van der Waals surface area contributed by atoms with Gasteiger partial charge in [0.15, 0.2) is 0 Å². The number of hydrogen-bond acceptors (Lipinski definition) is 4. The summed E-state index contributed by atoms with van der Waals surface area (Å²) in [6.45, 7) is 14.3. The first-order valence-electron chi connectivity index (χ1n) is 10.4. The van der Waals surface area contributed by atoms with Crippen LogP contribution in [0.5, 0.6) is 0 Å². The lowest BCUT2D eigenvalue weighted by Crippen LogP contribution is -2.61. The molecule has 28 heavy (non-hydrogen) atoms. The first-order chi connectivity index (χ1) is 13.1. The van der Waals surface area contributed by atoms with Gasteiger partial charge in [-0.3, -0.25) is 0 Å². The summed E-state index contributed by atoms with van der Waals surface area (Å²) in [5.74, 6) is -0.823. The molecule has 1 aromatic carbocycles. The van der Waals surface area contributed by atoms with Gasteiger partial charge in [0.05, 0.1) is 25.3 Å². The summed E-state index contributed by atoms with van der Waals surface area (Å²) in [6, 6.07) is 2.19. The topological polar surface area (TPSA) is 52.6 Å². The van der Waals surface area contributed by atoms with Gasteiger partial charge < -0.3 is 9.47 Å². The molecule has 0 aromatic heterocycles. The lowest BCUT2D eigenvalue weighted by atomic mass is 9.84. The van der Waals surface area contributed by atoms with Crippen molar-refractivity contribution in [2.75, 3.05) is 14.2 Å². The Morgan fingerprint density at radius 3 is 1.32 bits per heavy atom. The van der Waals surface area contributed by atoms with E-state index in [0.717, 1.165) is 48.9 Å². The highest BCUT2D eigenvalue weighted by Crippen LogP contribution is 2.41. The molecule has 6 heteroatoms. The Labute approximate surface area is 171 Å². The number of hydrogen-bond donors (Lipinski definition) is 0. The molecule has 1 heterocycles. The molecule has 1 aliphatic rings. The van der Waals surface area contributed by atoms with Crippen molar-refractivity contribution >= 4 is 27.1 Å². The van der Waals surface area contributed by atoms with E-state index in [-0.39, 0.29) is 0 Å². The van der Waals surface area contributed by atoms with Crippen molar-refractivity contribution < 1.29 is 19.1 Å². The number of ether oxygens (including phenoxy) is 2. The summed E-state index contributed by atoms with van der Waals surface area (Å²) in [5, 5.41) is 0. The zero-order valence-electron chi connectivity index (χ0n) is 18.9. The third kappa shape index (κ3) is 3.85. The molecule has 0 N–H and O–H groups in total. The maximum Gasteiger partial charge on any atom is 0.339 e. The number of carbonyl (C=O) groups excluding carboxylic acids is 2. The van der Waals surface area contributed by atoms with Gasteiger partial charge in [0.25, 0.3) is 0 Å². The summed E-state index contributed by atoms with van der Waals surface area (Å²) in [4.78, 5) is 25.7. The van der Waals surface area contributed by atoms with Crippen molar-refractivity contribution in [3.63, 3.8) is 0 Å². The fraction of sp³-hybridized carbons (Fsp3) is 0.636. The van der Waals surface area contributed by atoms with Crippen LogP contribution in [0.25, 0.3) is 0 Å². The second kappa shape index (κ2) is 8.53. The van der Waals surface area contributed by atoms with Crippen molar-refractivity contribution in [2.45, 2.75) is 77.8 Å². The van der Waals surface area contributed by atoms with Crippen LogP contribution < -0.4 is 0 Å². The smallest absolute Gasteiger partial charge is 0.339 e. The maximum absolute atomic E-state index is 12.9. The first kappa shape index (κ1) is 22.9. The molecule has 0 atom stereocenters. The summed E-state index contributed by atoms with van der Waals surface area (Å²) in [7, 11) is -0.0604. The number of benzene rings is 1. The summed E-state index contributed by atoms with van der Waals surface area (Å²) in [5.41, 5.74) is 5.70. The molecule has 1 aromatic rings. The second-order valence-corrected chi connectivity index (χ2v) is 25.6. The fourth-order valence-electron chi connectivity index (χ4n) is 4.46. The highest BCUT2D eigenvalue weighted by Gasteiger charge is 2.47. The Morgan fingerprint density at radius 2 is 1.07 bits per heavy atom. The van der Waals surface area contributed by atoms with E-state index in [2.05, 4.69) is 40.0 Å². The molecule has 0 fully saturated rings. The zero-order valence-corrected chi connectivity index (χ0v) is 20.9. The number of methoxy groups -OCH3 is 2. The SMILES string of the molecule is CCCc1c2c(c(CCC)c(C(=O)OC)c1C(=O)OC)C[Si](C)(C)[Si](C)(C)C2. The minimum atomic E-state index is -1.43. The lowest BCUT2D eigenvalue weighted by molar-refractivity contribution is 0.0552. The van der Waals surface area contributed by atoms with E-state index in [0.29, 0.717) is 11.1 Å². The third-order valence-electron chi connectivity index (χ3n) is 6.79. The molecule has 156 valence electrons. The molecule has 1 aliphatic heterocycles. The Hall–Kier alpha value is -1.41. The standard InChI is InChI=1S/C22H36O4Si2/c1-9-11-15-17-13-27(5,6)28(7,8)14-18(17)16(12-10-2)20(22(24)26-4)19(15)21(23)25-3/h9-14H2,1-8H3. The molecule has 0 radical (unpaired) electrons. The number of esters is 2. The lowest BCUT2D eigenvalue weighted by Gasteiger charge is -2.45. The van der Waals surface area contributed by atoms with E-state index in [1.54, 1.807) is 0 Å². The summed E-state index contributed by atoms with van der Waals surface area (Å²) < 4.78 is 10.3. The largest absolute Gasteiger partial charge is 0.465 e. The first-order valence-corrected chi connectivity index (χ1v) is 17.8. The molecule has 0 spiro atoms. The Morgan fingerprint density at radius 1 is 0.750 bits per heavy atom. The van der Waals surface area contributed by atoms with Gasteiger partial charge in [0.2, 0.25) is 0 Å². The van der Waals surface area contributed by atoms with Gasteiger partial charge >= 0.3 is 11.9 Å². The van der Waals surface area contributed by atoms with Gasteiger partial charge in [-0.2, -0.15) is 0 Å². The van der Waals surface area contributed by atoms with E-state index in [1.165, 1.54) is 25.3 Å². The van der Waals surface area contributed by atoms with Crippen molar-refractivity contribution in [2.24, 2.45) is 0 Å². The normalized spacial score (nSPS) is 17.0. The molecular formula is C22H36O4Si2. The van der Waals surface area contributed by atoms with E-state index >= 15 is 0 Å². The highest BCUT2D eigenvalue weighted by molar-refractivity contribution is 7.40. The number of carbonyl (C=O) groups is 2. The van der Waals surface area contributed by atoms with Crippen LogP contribution in [0.2, 0.25) is 26.2 Å². The minimum Gasteiger partial charge on any atom is -0.465 e. The third-order valence-corrected chi connectivity index (χ3v) is 25.0. The van der Waals surface area contributed by atoms with Crippen LogP contribution >= 0.6 is 0 Å². The molecule has 0 saturated heterocycles. The number of rotatable bonds is 6. The molecule has 0 bridgehead atoms. The van der Waals surface area contributed by atoms with Crippen LogP contribution in [0.4, 0.5) is 0 Å². The Balaban J connectivity index is 3.00. The fourth-order valence-corrected chi connectivity index (χ4v) is 12.0. The van der Waals surface area contributed by atoms with Gasteiger partial charge in [-0.1, -0.05) is 52.9 Å². The van der Waals surface area contributed by atoms with E-state index in [9.17, 15) is 9.59 Å². The zero-order chi connectivity index (χ0) is 21.3. The highest BCUT2D eigenvalue weighted by atomic mass is 29.3. The minimum absolute atomic E-state index is 0.412. The Bertz CT molecular complexity index is 716. The maximum atomic E-state index is 12.9. The summed E-state index contributed by atoms with van der Waals surface area (Å²) in [6.07, 6.45) is 3.42. The van der Waals surface area contributed by atoms with Crippen LogP contribution in [0.3, 0.4) is 0 Å². The predicted molar refractivity (Wildman–Crippen MR) is 119 cm³/mol. The monoisotopic (exact) mass is 420 g/mol. The van der Waals surface area contributed by atoms with Gasteiger partial charge in [-0.25, -0.2) is 9.59 Å². The second-order valence-electron chi connectivity index (χ2n) is 9.27. The molecule has 2 rings (SSSR count). The predicted octanol–water partition coefficient (Wildman–Crippen LogP) is 4.84. The van der Waals surface area contributed by atoms with Crippen molar-refractivity contribution in [3.05, 3.63) is 33.4 Å². The molecular weight excluding hydrogens is 384 g/mol. The van der Waals surface area contributed by atoms with Crippen LogP contribution in [0, 0.1) is 0 Å². The van der Waals surface area contributed by atoms with E-state index in [4.69, 9.17) is 9.47 Å². The van der Waals surface area contributed by atoms with Gasteiger partial charge in [-0.15, -0.1) is 0 Å². The van der Waals surface area contributed by atoms with Gasteiger partial charge in [0, 0.05) is 15.2 Å². The van der Waals surface area contributed by atoms with Crippen LogP contribution in [0.1, 0.15) is 69.7 Å². The average molecular weight is 421 g/mol. The van der Waals surface area contributed by atoms with E-state index < -0.39 is 27.1 Å². The Kier molecular flexibility index (Phi) is 6.97. The van der Waals surface area contributed by atoms with Gasteiger partial charge in [-0.05, 0) is 47.2 Å². The molecule has 4 nitrogen and oxygen atoms in total.